The van der Waals surface area contributed by atoms with Crippen molar-refractivity contribution < 1.29 is 13.2 Å². The number of amides is 1. The van der Waals surface area contributed by atoms with E-state index in [9.17, 15) is 13.2 Å². The van der Waals surface area contributed by atoms with Crippen LogP contribution in [0.1, 0.15) is 12.5 Å². The molecule has 0 bridgehead atoms. The largest absolute Gasteiger partial charge is 0.399 e. The third-order valence-electron chi connectivity index (χ3n) is 3.26. The first-order chi connectivity index (χ1) is 8.30. The number of nitrogens with zero attached hydrogens (tertiary/aromatic N) is 1. The summed E-state index contributed by atoms with van der Waals surface area (Å²) in [6, 6.07) is 5.31. The summed E-state index contributed by atoms with van der Waals surface area (Å²) >= 11 is 0. The van der Waals surface area contributed by atoms with Crippen LogP contribution in [0.15, 0.2) is 18.2 Å². The molecule has 1 heterocycles. The van der Waals surface area contributed by atoms with E-state index in [1.165, 1.54) is 11.8 Å². The minimum absolute atomic E-state index is 0.374. The molecule has 0 saturated heterocycles. The maximum absolute atomic E-state index is 12.2. The third kappa shape index (κ3) is 2.20. The fourth-order valence-electron chi connectivity index (χ4n) is 2.05. The van der Waals surface area contributed by atoms with Crippen LogP contribution in [-0.2, 0) is 21.1 Å². The molecule has 1 atom stereocenters. The zero-order chi connectivity index (χ0) is 13.5. The number of anilines is 2. The molecule has 0 fully saturated rings. The molecule has 2 N–H and O–H groups in total. The highest BCUT2D eigenvalue weighted by Gasteiger charge is 2.32. The molecule has 6 heteroatoms. The van der Waals surface area contributed by atoms with Gasteiger partial charge >= 0.3 is 0 Å². The lowest BCUT2D eigenvalue weighted by atomic mass is 10.1. The van der Waals surface area contributed by atoms with Gasteiger partial charge in [-0.05, 0) is 37.1 Å². The molecule has 0 aromatic heterocycles. The Morgan fingerprint density at radius 3 is 2.72 bits per heavy atom. The molecule has 0 radical (unpaired) electrons. The van der Waals surface area contributed by atoms with Gasteiger partial charge in [-0.15, -0.1) is 0 Å². The summed E-state index contributed by atoms with van der Waals surface area (Å²) in [5, 5.41) is -1.01. The van der Waals surface area contributed by atoms with E-state index in [0.29, 0.717) is 18.7 Å². The van der Waals surface area contributed by atoms with Gasteiger partial charge in [-0.3, -0.25) is 4.79 Å². The van der Waals surface area contributed by atoms with Crippen LogP contribution in [0.2, 0.25) is 0 Å². The second kappa shape index (κ2) is 4.28. The second-order valence-corrected chi connectivity index (χ2v) is 6.97. The fraction of sp³-hybridized carbons (Fsp3) is 0.417. The van der Waals surface area contributed by atoms with Crippen molar-refractivity contribution in [2.75, 3.05) is 23.4 Å². The molecule has 18 heavy (non-hydrogen) atoms. The van der Waals surface area contributed by atoms with Crippen LogP contribution in [0, 0.1) is 0 Å². The highest BCUT2D eigenvalue weighted by molar-refractivity contribution is 7.92. The monoisotopic (exact) mass is 268 g/mol. The first-order valence-corrected chi connectivity index (χ1v) is 7.65. The first-order valence-electron chi connectivity index (χ1n) is 5.69. The SMILES string of the molecule is CC(C(=O)N1CCc2cc(N)ccc21)S(C)(=O)=O. The lowest BCUT2D eigenvalue weighted by molar-refractivity contribution is -0.117. The van der Waals surface area contributed by atoms with Crippen molar-refractivity contribution in [3.63, 3.8) is 0 Å². The lowest BCUT2D eigenvalue weighted by Crippen LogP contribution is -2.40. The van der Waals surface area contributed by atoms with E-state index in [2.05, 4.69) is 0 Å². The Balaban J connectivity index is 2.32. The Morgan fingerprint density at radius 1 is 1.44 bits per heavy atom. The average molecular weight is 268 g/mol. The third-order valence-corrected chi connectivity index (χ3v) is 4.74. The van der Waals surface area contributed by atoms with Crippen molar-refractivity contribution in [2.45, 2.75) is 18.6 Å². The summed E-state index contributed by atoms with van der Waals surface area (Å²) in [5.41, 5.74) is 8.09. The van der Waals surface area contributed by atoms with Crippen molar-refractivity contribution in [2.24, 2.45) is 0 Å². The van der Waals surface area contributed by atoms with Gasteiger partial charge in [0.05, 0.1) is 0 Å². The van der Waals surface area contributed by atoms with Crippen LogP contribution in [0.3, 0.4) is 0 Å². The van der Waals surface area contributed by atoms with Crippen LogP contribution in [0.4, 0.5) is 11.4 Å². The van der Waals surface area contributed by atoms with Gasteiger partial charge in [0.25, 0.3) is 0 Å². The summed E-state index contributed by atoms with van der Waals surface area (Å²) in [6.07, 6.45) is 1.79. The summed E-state index contributed by atoms with van der Waals surface area (Å²) in [4.78, 5) is 13.7. The number of nitrogens with two attached hydrogens (primary N) is 1. The molecule has 0 saturated carbocycles. The van der Waals surface area contributed by atoms with Gasteiger partial charge in [0, 0.05) is 24.2 Å². The summed E-state index contributed by atoms with van der Waals surface area (Å²) < 4.78 is 22.9. The quantitative estimate of drug-likeness (QED) is 0.796. The fourth-order valence-corrected chi connectivity index (χ4v) is 2.55. The molecule has 1 unspecified atom stereocenters. The average Bonchev–Trinajstić information content (AvgIpc) is 2.68. The molecule has 5 nitrogen and oxygen atoms in total. The summed E-state index contributed by atoms with van der Waals surface area (Å²) in [6.45, 7) is 1.93. The Labute approximate surface area is 107 Å². The van der Waals surface area contributed by atoms with Gasteiger partial charge in [-0.25, -0.2) is 8.42 Å². The molecule has 1 aromatic carbocycles. The van der Waals surface area contributed by atoms with Crippen molar-refractivity contribution >= 4 is 27.1 Å². The number of sulfone groups is 1. The number of carbonyl (C=O) groups is 1. The van der Waals surface area contributed by atoms with E-state index in [4.69, 9.17) is 5.73 Å². The van der Waals surface area contributed by atoms with E-state index < -0.39 is 15.1 Å². The first kappa shape index (κ1) is 12.9. The number of rotatable bonds is 2. The predicted molar refractivity (Wildman–Crippen MR) is 71.2 cm³/mol. The highest BCUT2D eigenvalue weighted by atomic mass is 32.2. The van der Waals surface area contributed by atoms with E-state index >= 15 is 0 Å². The van der Waals surface area contributed by atoms with Crippen LogP contribution >= 0.6 is 0 Å². The number of hydrogen-bond acceptors (Lipinski definition) is 4. The van der Waals surface area contributed by atoms with Crippen molar-refractivity contribution in [1.82, 2.24) is 0 Å². The molecule has 1 aromatic rings. The van der Waals surface area contributed by atoms with Gasteiger partial charge in [0.15, 0.2) is 9.84 Å². The Morgan fingerprint density at radius 2 is 2.11 bits per heavy atom. The zero-order valence-corrected chi connectivity index (χ0v) is 11.2. The van der Waals surface area contributed by atoms with E-state index in [1.807, 2.05) is 6.07 Å². The standard InChI is InChI=1S/C12H16N2O3S/c1-8(18(2,16)17)12(15)14-6-5-9-7-10(13)3-4-11(9)14/h3-4,7-8H,5-6,13H2,1-2H3. The minimum Gasteiger partial charge on any atom is -0.399 e. The molecular weight excluding hydrogens is 252 g/mol. The Bertz CT molecular complexity index is 595. The molecule has 1 aliphatic rings. The van der Waals surface area contributed by atoms with Gasteiger partial charge in [-0.1, -0.05) is 0 Å². The molecule has 0 spiro atoms. The van der Waals surface area contributed by atoms with E-state index in [1.54, 1.807) is 12.1 Å². The van der Waals surface area contributed by atoms with Crippen LogP contribution < -0.4 is 10.6 Å². The summed E-state index contributed by atoms with van der Waals surface area (Å²) in [7, 11) is -3.37. The molecule has 98 valence electrons. The molecule has 1 amide bonds. The van der Waals surface area contributed by atoms with Crippen LogP contribution in [0.5, 0.6) is 0 Å². The molecule has 0 aliphatic carbocycles. The number of carbonyl (C=O) groups excluding carboxylic acids is 1. The number of hydrogen-bond donors (Lipinski definition) is 1. The van der Waals surface area contributed by atoms with Crippen LogP contribution in [-0.4, -0.2) is 32.4 Å². The Kier molecular flexibility index (Phi) is 3.06. The number of benzene rings is 1. The topological polar surface area (TPSA) is 80.5 Å². The van der Waals surface area contributed by atoms with Gasteiger partial charge < -0.3 is 10.6 Å². The molecule has 1 aliphatic heterocycles. The molecule has 2 rings (SSSR count). The normalized spacial score (nSPS) is 16.4. The predicted octanol–water partition coefficient (Wildman–Crippen LogP) is 0.591. The van der Waals surface area contributed by atoms with E-state index in [-0.39, 0.29) is 5.91 Å². The second-order valence-electron chi connectivity index (χ2n) is 4.60. The van der Waals surface area contributed by atoms with E-state index in [0.717, 1.165) is 17.5 Å². The minimum atomic E-state index is -3.37. The van der Waals surface area contributed by atoms with Crippen LogP contribution in [0.25, 0.3) is 0 Å². The maximum Gasteiger partial charge on any atom is 0.245 e. The lowest BCUT2D eigenvalue weighted by Gasteiger charge is -2.20. The number of fused-ring (bicyclic) bond motifs is 1. The van der Waals surface area contributed by atoms with Crippen molar-refractivity contribution in [1.29, 1.82) is 0 Å². The van der Waals surface area contributed by atoms with Crippen molar-refractivity contribution in [3.05, 3.63) is 23.8 Å². The maximum atomic E-state index is 12.2. The van der Waals surface area contributed by atoms with Gasteiger partial charge in [0.2, 0.25) is 5.91 Å². The Hall–Kier alpha value is -1.56. The summed E-state index contributed by atoms with van der Waals surface area (Å²) in [5.74, 6) is -0.374. The molecular formula is C12H16N2O3S. The van der Waals surface area contributed by atoms with Crippen molar-refractivity contribution in [3.8, 4) is 0 Å². The van der Waals surface area contributed by atoms with Gasteiger partial charge in [-0.2, -0.15) is 0 Å². The smallest absolute Gasteiger partial charge is 0.245 e. The highest BCUT2D eigenvalue weighted by Crippen LogP contribution is 2.30. The number of nitrogen functional groups attached to an aromatic ring is 1. The van der Waals surface area contributed by atoms with Gasteiger partial charge in [0.1, 0.15) is 5.25 Å². The zero-order valence-electron chi connectivity index (χ0n) is 10.4.